The Labute approximate surface area is 155 Å². The van der Waals surface area contributed by atoms with E-state index in [-0.39, 0.29) is 5.92 Å². The summed E-state index contributed by atoms with van der Waals surface area (Å²) >= 11 is 0. The van der Waals surface area contributed by atoms with E-state index in [0.717, 1.165) is 18.7 Å². The number of rotatable bonds is 3. The van der Waals surface area contributed by atoms with Crippen molar-refractivity contribution >= 4 is 10.9 Å². The molecular formula is C22H27N3O. The normalized spacial score (nSPS) is 20.1. The van der Waals surface area contributed by atoms with E-state index in [0.29, 0.717) is 6.42 Å². The fraction of sp³-hybridized carbons (Fsp3) is 0.409. The van der Waals surface area contributed by atoms with Gasteiger partial charge in [0.05, 0.1) is 5.60 Å². The van der Waals surface area contributed by atoms with Crippen molar-refractivity contribution in [3.8, 4) is 0 Å². The van der Waals surface area contributed by atoms with Crippen LogP contribution >= 0.6 is 0 Å². The number of likely N-dealkylation sites (N-methyl/N-ethyl adjacent to an activating group) is 1. The molecule has 4 rings (SSSR count). The molecule has 2 unspecified atom stereocenters. The maximum Gasteiger partial charge on any atom is 0.0890 e. The number of aromatic nitrogens is 2. The van der Waals surface area contributed by atoms with Crippen molar-refractivity contribution in [2.45, 2.75) is 38.3 Å². The first-order chi connectivity index (χ1) is 12.4. The Kier molecular flexibility index (Phi) is 4.13. The minimum Gasteiger partial charge on any atom is -0.385 e. The molecule has 136 valence electrons. The highest BCUT2D eigenvalue weighted by atomic mass is 16.3. The fourth-order valence-corrected chi connectivity index (χ4v) is 4.58. The van der Waals surface area contributed by atoms with Crippen molar-refractivity contribution in [3.63, 3.8) is 0 Å². The van der Waals surface area contributed by atoms with E-state index >= 15 is 0 Å². The number of hydrogen-bond acceptors (Lipinski definition) is 3. The van der Waals surface area contributed by atoms with Gasteiger partial charge in [-0.15, -0.1) is 0 Å². The standard InChI is InChI=1S/C22H27N3O/c1-15-7-8-20-18(10-15)19-14-24(3)13-16(21(19)25(20)4)11-22(2,26)17-6-5-9-23-12-17/h5-10,12,16,26H,11,13-14H2,1-4H3. The first-order valence-corrected chi connectivity index (χ1v) is 9.26. The second kappa shape index (κ2) is 6.22. The van der Waals surface area contributed by atoms with Crippen LogP contribution in [0.15, 0.2) is 42.7 Å². The SMILES string of the molecule is Cc1ccc2c(c1)c1c(n2C)C(CC(C)(O)c2cccnc2)CN(C)C1. The van der Waals surface area contributed by atoms with Crippen LogP contribution in [0.3, 0.4) is 0 Å². The summed E-state index contributed by atoms with van der Waals surface area (Å²) in [5.74, 6) is 0.275. The molecule has 1 aromatic carbocycles. The maximum atomic E-state index is 11.2. The van der Waals surface area contributed by atoms with E-state index in [1.54, 1.807) is 12.4 Å². The van der Waals surface area contributed by atoms with Crippen LogP contribution in [-0.2, 0) is 19.2 Å². The summed E-state index contributed by atoms with van der Waals surface area (Å²) in [6.45, 7) is 5.97. The molecule has 2 atom stereocenters. The average molecular weight is 349 g/mol. The van der Waals surface area contributed by atoms with Gasteiger partial charge in [0.2, 0.25) is 0 Å². The zero-order chi connectivity index (χ0) is 18.5. The predicted octanol–water partition coefficient (Wildman–Crippen LogP) is 3.71. The van der Waals surface area contributed by atoms with Crippen molar-refractivity contribution in [1.29, 1.82) is 0 Å². The molecule has 4 nitrogen and oxygen atoms in total. The van der Waals surface area contributed by atoms with Gasteiger partial charge in [0.1, 0.15) is 0 Å². The molecule has 2 aromatic heterocycles. The molecule has 0 bridgehead atoms. The highest BCUT2D eigenvalue weighted by Crippen LogP contribution is 2.41. The number of aryl methyl sites for hydroxylation is 2. The largest absolute Gasteiger partial charge is 0.385 e. The quantitative estimate of drug-likeness (QED) is 0.784. The molecule has 1 aliphatic heterocycles. The summed E-state index contributed by atoms with van der Waals surface area (Å²) in [5, 5.41) is 12.5. The van der Waals surface area contributed by atoms with Crippen LogP contribution in [0.1, 0.15) is 41.6 Å². The van der Waals surface area contributed by atoms with Gasteiger partial charge in [-0.2, -0.15) is 0 Å². The third-order valence-electron chi connectivity index (χ3n) is 5.78. The highest BCUT2D eigenvalue weighted by Gasteiger charge is 2.35. The van der Waals surface area contributed by atoms with Crippen LogP contribution in [0.25, 0.3) is 10.9 Å². The van der Waals surface area contributed by atoms with E-state index in [9.17, 15) is 5.11 Å². The third kappa shape index (κ3) is 2.83. The maximum absolute atomic E-state index is 11.2. The van der Waals surface area contributed by atoms with Gasteiger partial charge in [-0.05, 0) is 51.1 Å². The minimum absolute atomic E-state index is 0.275. The predicted molar refractivity (Wildman–Crippen MR) is 105 cm³/mol. The smallest absolute Gasteiger partial charge is 0.0890 e. The molecular weight excluding hydrogens is 322 g/mol. The van der Waals surface area contributed by atoms with Crippen LogP contribution < -0.4 is 0 Å². The number of fused-ring (bicyclic) bond motifs is 3. The summed E-state index contributed by atoms with van der Waals surface area (Å²) in [7, 11) is 4.33. The van der Waals surface area contributed by atoms with E-state index in [2.05, 4.69) is 53.7 Å². The number of benzene rings is 1. The highest BCUT2D eigenvalue weighted by molar-refractivity contribution is 5.86. The zero-order valence-electron chi connectivity index (χ0n) is 16.0. The molecule has 0 saturated carbocycles. The number of aliphatic hydroxyl groups is 1. The van der Waals surface area contributed by atoms with Crippen molar-refractivity contribution in [2.75, 3.05) is 13.6 Å². The van der Waals surface area contributed by atoms with Gasteiger partial charge in [-0.25, -0.2) is 0 Å². The molecule has 3 heterocycles. The Hall–Kier alpha value is -2.17. The van der Waals surface area contributed by atoms with Gasteiger partial charge >= 0.3 is 0 Å². The topological polar surface area (TPSA) is 41.3 Å². The van der Waals surface area contributed by atoms with Gasteiger partial charge in [-0.3, -0.25) is 4.98 Å². The average Bonchev–Trinajstić information content (AvgIpc) is 2.87. The lowest BCUT2D eigenvalue weighted by Gasteiger charge is -2.35. The van der Waals surface area contributed by atoms with Gasteiger partial charge in [0.15, 0.2) is 0 Å². The minimum atomic E-state index is -0.902. The van der Waals surface area contributed by atoms with Crippen LogP contribution in [0.2, 0.25) is 0 Å². The van der Waals surface area contributed by atoms with Gasteiger partial charge in [0, 0.05) is 60.6 Å². The van der Waals surface area contributed by atoms with Crippen molar-refractivity contribution < 1.29 is 5.11 Å². The second-order valence-electron chi connectivity index (χ2n) is 8.06. The summed E-state index contributed by atoms with van der Waals surface area (Å²) in [6, 6.07) is 10.5. The lowest BCUT2D eigenvalue weighted by molar-refractivity contribution is 0.0332. The molecule has 26 heavy (non-hydrogen) atoms. The van der Waals surface area contributed by atoms with E-state index in [4.69, 9.17) is 0 Å². The molecule has 0 spiro atoms. The van der Waals surface area contributed by atoms with Crippen molar-refractivity contribution in [2.24, 2.45) is 7.05 Å². The number of nitrogens with zero attached hydrogens (tertiary/aromatic N) is 3. The molecule has 3 aromatic rings. The van der Waals surface area contributed by atoms with E-state index in [1.807, 2.05) is 19.1 Å². The Morgan fingerprint density at radius 1 is 1.27 bits per heavy atom. The van der Waals surface area contributed by atoms with Crippen LogP contribution in [-0.4, -0.2) is 33.1 Å². The summed E-state index contributed by atoms with van der Waals surface area (Å²) in [4.78, 5) is 6.56. The molecule has 1 aliphatic rings. The van der Waals surface area contributed by atoms with E-state index in [1.165, 1.54) is 27.7 Å². The lowest BCUT2D eigenvalue weighted by atomic mass is 9.82. The summed E-state index contributed by atoms with van der Waals surface area (Å²) < 4.78 is 2.33. The second-order valence-corrected chi connectivity index (χ2v) is 8.06. The van der Waals surface area contributed by atoms with Gasteiger partial charge in [-0.1, -0.05) is 17.7 Å². The first kappa shape index (κ1) is 17.3. The molecule has 0 aliphatic carbocycles. The number of hydrogen-bond donors (Lipinski definition) is 1. The Morgan fingerprint density at radius 3 is 2.81 bits per heavy atom. The lowest BCUT2D eigenvalue weighted by Crippen LogP contribution is -2.35. The van der Waals surface area contributed by atoms with Gasteiger partial charge in [0.25, 0.3) is 0 Å². The van der Waals surface area contributed by atoms with Crippen LogP contribution in [0, 0.1) is 6.92 Å². The summed E-state index contributed by atoms with van der Waals surface area (Å²) in [6.07, 6.45) is 4.20. The monoisotopic (exact) mass is 349 g/mol. The molecule has 0 amide bonds. The summed E-state index contributed by atoms with van der Waals surface area (Å²) in [5.41, 5.74) is 5.32. The molecule has 4 heteroatoms. The van der Waals surface area contributed by atoms with Crippen LogP contribution in [0.4, 0.5) is 0 Å². The first-order valence-electron chi connectivity index (χ1n) is 9.26. The Bertz CT molecular complexity index is 943. The molecule has 0 radical (unpaired) electrons. The van der Waals surface area contributed by atoms with Crippen LogP contribution in [0.5, 0.6) is 0 Å². The Morgan fingerprint density at radius 2 is 2.08 bits per heavy atom. The van der Waals surface area contributed by atoms with Gasteiger partial charge < -0.3 is 14.6 Å². The number of pyridine rings is 1. The third-order valence-corrected chi connectivity index (χ3v) is 5.78. The fourth-order valence-electron chi connectivity index (χ4n) is 4.58. The molecule has 0 fully saturated rings. The van der Waals surface area contributed by atoms with Crippen molar-refractivity contribution in [1.82, 2.24) is 14.5 Å². The molecule has 1 N–H and O–H groups in total. The molecule has 0 saturated heterocycles. The van der Waals surface area contributed by atoms with Crippen molar-refractivity contribution in [3.05, 3.63) is 65.1 Å². The Balaban J connectivity index is 1.79. The zero-order valence-corrected chi connectivity index (χ0v) is 16.0. The van der Waals surface area contributed by atoms with E-state index < -0.39 is 5.60 Å².